The first-order valence-corrected chi connectivity index (χ1v) is 6.54. The maximum atomic E-state index is 12.8. The SMILES string of the molecule is CNC(CCN(CCO)CC(F)(F)F)c1ccc(F)cn1. The number of halogens is 4. The number of hydrogen-bond donors (Lipinski definition) is 2. The van der Waals surface area contributed by atoms with Crippen molar-refractivity contribution in [2.24, 2.45) is 0 Å². The lowest BCUT2D eigenvalue weighted by molar-refractivity contribution is -0.147. The molecule has 1 heterocycles. The van der Waals surface area contributed by atoms with E-state index in [1.165, 1.54) is 12.1 Å². The number of pyridine rings is 1. The van der Waals surface area contributed by atoms with E-state index in [2.05, 4.69) is 10.3 Å². The Bertz CT molecular complexity index is 411. The van der Waals surface area contributed by atoms with E-state index in [1.54, 1.807) is 7.05 Å². The maximum absolute atomic E-state index is 12.8. The largest absolute Gasteiger partial charge is 0.401 e. The summed E-state index contributed by atoms with van der Waals surface area (Å²) < 4.78 is 50.0. The minimum atomic E-state index is -4.31. The van der Waals surface area contributed by atoms with Gasteiger partial charge in [0, 0.05) is 13.1 Å². The van der Waals surface area contributed by atoms with Gasteiger partial charge in [-0.05, 0) is 25.6 Å². The fourth-order valence-corrected chi connectivity index (χ4v) is 2.01. The van der Waals surface area contributed by atoms with Gasteiger partial charge in [-0.15, -0.1) is 0 Å². The van der Waals surface area contributed by atoms with E-state index in [0.717, 1.165) is 11.1 Å². The van der Waals surface area contributed by atoms with Gasteiger partial charge >= 0.3 is 6.18 Å². The van der Waals surface area contributed by atoms with Crippen LogP contribution in [0.3, 0.4) is 0 Å². The third-order valence-electron chi connectivity index (χ3n) is 3.01. The standard InChI is InChI=1S/C13H19F4N3O/c1-18-11(12-3-2-10(14)8-19-12)4-5-20(6-7-21)9-13(15,16)17/h2-3,8,11,18,21H,4-7,9H2,1H3. The van der Waals surface area contributed by atoms with Gasteiger partial charge in [-0.2, -0.15) is 13.2 Å². The number of hydrogen-bond acceptors (Lipinski definition) is 4. The number of alkyl halides is 3. The van der Waals surface area contributed by atoms with Crippen LogP contribution in [0.15, 0.2) is 18.3 Å². The highest BCUT2D eigenvalue weighted by atomic mass is 19.4. The fraction of sp³-hybridized carbons (Fsp3) is 0.615. The fourth-order valence-electron chi connectivity index (χ4n) is 2.01. The van der Waals surface area contributed by atoms with Crippen molar-refractivity contribution in [3.05, 3.63) is 29.8 Å². The second-order valence-electron chi connectivity index (χ2n) is 4.65. The Balaban J connectivity index is 2.61. The quantitative estimate of drug-likeness (QED) is 0.718. The monoisotopic (exact) mass is 309 g/mol. The molecule has 2 N–H and O–H groups in total. The first kappa shape index (κ1) is 17.8. The highest BCUT2D eigenvalue weighted by Crippen LogP contribution is 2.19. The first-order chi connectivity index (χ1) is 9.85. The second-order valence-corrected chi connectivity index (χ2v) is 4.65. The smallest absolute Gasteiger partial charge is 0.395 e. The third-order valence-corrected chi connectivity index (χ3v) is 3.01. The zero-order valence-electron chi connectivity index (χ0n) is 11.7. The molecule has 1 rings (SSSR count). The van der Waals surface area contributed by atoms with Gasteiger partial charge in [0.15, 0.2) is 0 Å². The lowest BCUT2D eigenvalue weighted by Gasteiger charge is -2.25. The van der Waals surface area contributed by atoms with Crippen LogP contribution in [-0.4, -0.2) is 54.5 Å². The van der Waals surface area contributed by atoms with Gasteiger partial charge in [0.25, 0.3) is 0 Å². The van der Waals surface area contributed by atoms with Crippen molar-refractivity contribution in [3.63, 3.8) is 0 Å². The molecule has 21 heavy (non-hydrogen) atoms. The Hall–Kier alpha value is -1.25. The van der Waals surface area contributed by atoms with Crippen molar-refractivity contribution in [1.82, 2.24) is 15.2 Å². The van der Waals surface area contributed by atoms with Crippen molar-refractivity contribution in [3.8, 4) is 0 Å². The van der Waals surface area contributed by atoms with Crippen LogP contribution in [-0.2, 0) is 0 Å². The van der Waals surface area contributed by atoms with Gasteiger partial charge in [-0.25, -0.2) is 4.39 Å². The average molecular weight is 309 g/mol. The second kappa shape index (κ2) is 8.26. The van der Waals surface area contributed by atoms with Crippen LogP contribution in [0.2, 0.25) is 0 Å². The number of aromatic nitrogens is 1. The summed E-state index contributed by atoms with van der Waals surface area (Å²) in [5, 5.41) is 11.8. The molecule has 1 aromatic rings. The number of rotatable bonds is 8. The van der Waals surface area contributed by atoms with E-state index in [0.29, 0.717) is 12.1 Å². The van der Waals surface area contributed by atoms with E-state index < -0.39 is 18.5 Å². The lowest BCUT2D eigenvalue weighted by atomic mass is 10.1. The normalized spacial score (nSPS) is 13.7. The summed E-state index contributed by atoms with van der Waals surface area (Å²) in [4.78, 5) is 5.05. The lowest BCUT2D eigenvalue weighted by Crippen LogP contribution is -2.38. The number of aliphatic hydroxyl groups is 1. The van der Waals surface area contributed by atoms with E-state index >= 15 is 0 Å². The van der Waals surface area contributed by atoms with E-state index in [9.17, 15) is 17.6 Å². The molecule has 0 fully saturated rings. The Morgan fingerprint density at radius 2 is 2.05 bits per heavy atom. The van der Waals surface area contributed by atoms with Crippen LogP contribution in [0.1, 0.15) is 18.2 Å². The topological polar surface area (TPSA) is 48.4 Å². The van der Waals surface area contributed by atoms with E-state index in [-0.39, 0.29) is 25.7 Å². The van der Waals surface area contributed by atoms with Crippen molar-refractivity contribution < 1.29 is 22.7 Å². The summed E-state index contributed by atoms with van der Waals surface area (Å²) in [5.74, 6) is -0.465. The summed E-state index contributed by atoms with van der Waals surface area (Å²) >= 11 is 0. The molecule has 120 valence electrons. The van der Waals surface area contributed by atoms with E-state index in [1.807, 2.05) is 0 Å². The predicted octanol–water partition coefficient (Wildman–Crippen LogP) is 1.73. The highest BCUT2D eigenvalue weighted by Gasteiger charge is 2.30. The third kappa shape index (κ3) is 6.83. The molecule has 0 aromatic carbocycles. The van der Waals surface area contributed by atoms with Gasteiger partial charge in [0.1, 0.15) is 5.82 Å². The molecule has 0 aliphatic carbocycles. The van der Waals surface area contributed by atoms with Crippen molar-refractivity contribution >= 4 is 0 Å². The minimum absolute atomic E-state index is 0.0488. The molecule has 1 unspecified atom stereocenters. The van der Waals surface area contributed by atoms with Gasteiger partial charge in [-0.1, -0.05) is 0 Å². The summed E-state index contributed by atoms with van der Waals surface area (Å²) in [6.07, 6.45) is -2.87. The molecule has 4 nitrogen and oxygen atoms in total. The zero-order valence-corrected chi connectivity index (χ0v) is 11.7. The van der Waals surface area contributed by atoms with Crippen molar-refractivity contribution in [1.29, 1.82) is 0 Å². The maximum Gasteiger partial charge on any atom is 0.401 e. The summed E-state index contributed by atoms with van der Waals surface area (Å²) in [6, 6.07) is 2.48. The molecule has 0 bridgehead atoms. The van der Waals surface area contributed by atoms with Crippen LogP contribution in [0.5, 0.6) is 0 Å². The molecule has 1 atom stereocenters. The van der Waals surface area contributed by atoms with Gasteiger partial charge in [0.2, 0.25) is 0 Å². The molecule has 0 aliphatic heterocycles. The van der Waals surface area contributed by atoms with Gasteiger partial charge < -0.3 is 10.4 Å². The molecule has 0 saturated heterocycles. The Kier molecular flexibility index (Phi) is 7.00. The van der Waals surface area contributed by atoms with Gasteiger partial charge in [0.05, 0.1) is 31.1 Å². The highest BCUT2D eigenvalue weighted by molar-refractivity contribution is 5.09. The Labute approximate surface area is 120 Å². The predicted molar refractivity (Wildman–Crippen MR) is 70.2 cm³/mol. The molecule has 0 aliphatic rings. The molecule has 0 saturated carbocycles. The molecule has 1 aromatic heterocycles. The van der Waals surface area contributed by atoms with Crippen LogP contribution in [0.4, 0.5) is 17.6 Å². The van der Waals surface area contributed by atoms with Crippen LogP contribution in [0.25, 0.3) is 0 Å². The number of nitrogens with zero attached hydrogens (tertiary/aromatic N) is 2. The Morgan fingerprint density at radius 1 is 1.33 bits per heavy atom. The molecular weight excluding hydrogens is 290 g/mol. The summed E-state index contributed by atoms with van der Waals surface area (Å²) in [5.41, 5.74) is 0.565. The Morgan fingerprint density at radius 3 is 2.52 bits per heavy atom. The van der Waals surface area contributed by atoms with Crippen LogP contribution >= 0.6 is 0 Å². The van der Waals surface area contributed by atoms with Crippen molar-refractivity contribution in [2.45, 2.75) is 18.6 Å². The first-order valence-electron chi connectivity index (χ1n) is 6.54. The van der Waals surface area contributed by atoms with Crippen LogP contribution < -0.4 is 5.32 Å². The van der Waals surface area contributed by atoms with Crippen molar-refractivity contribution in [2.75, 3.05) is 33.3 Å². The number of aliphatic hydroxyl groups excluding tert-OH is 1. The van der Waals surface area contributed by atoms with Crippen LogP contribution in [0, 0.1) is 5.82 Å². The van der Waals surface area contributed by atoms with E-state index in [4.69, 9.17) is 5.11 Å². The minimum Gasteiger partial charge on any atom is -0.395 e. The molecule has 8 heteroatoms. The summed E-state index contributed by atoms with van der Waals surface area (Å²) in [6.45, 7) is -1.31. The zero-order chi connectivity index (χ0) is 15.9. The molecular formula is C13H19F4N3O. The molecule has 0 spiro atoms. The number of nitrogens with one attached hydrogen (secondary N) is 1. The van der Waals surface area contributed by atoms with Gasteiger partial charge in [-0.3, -0.25) is 9.88 Å². The average Bonchev–Trinajstić information content (AvgIpc) is 2.39. The summed E-state index contributed by atoms with van der Waals surface area (Å²) in [7, 11) is 1.66. The molecule has 0 amide bonds. The molecule has 0 radical (unpaired) electrons.